The molecule has 2 aromatic rings. The van der Waals surface area contributed by atoms with Gasteiger partial charge in [0.15, 0.2) is 6.04 Å². The number of carbonyl (C=O) groups is 1. The summed E-state index contributed by atoms with van der Waals surface area (Å²) in [7, 11) is 1.37. The lowest BCUT2D eigenvalue weighted by atomic mass is 10.1. The molecule has 6 nitrogen and oxygen atoms in total. The maximum atomic E-state index is 13.1. The molecule has 1 atom stereocenters. The van der Waals surface area contributed by atoms with Gasteiger partial charge in [-0.1, -0.05) is 26.0 Å². The van der Waals surface area contributed by atoms with Crippen LogP contribution >= 0.6 is 0 Å². The van der Waals surface area contributed by atoms with Gasteiger partial charge in [0.2, 0.25) is 0 Å². The zero-order valence-electron chi connectivity index (χ0n) is 14.7. The minimum absolute atomic E-state index is 0.143. The van der Waals surface area contributed by atoms with Crippen molar-refractivity contribution in [1.29, 1.82) is 0 Å². The molecule has 0 bridgehead atoms. The van der Waals surface area contributed by atoms with E-state index in [2.05, 4.69) is 13.8 Å². The van der Waals surface area contributed by atoms with Crippen LogP contribution in [0.3, 0.4) is 0 Å². The van der Waals surface area contributed by atoms with Gasteiger partial charge in [0.05, 0.1) is 23.6 Å². The second-order valence-electron chi connectivity index (χ2n) is 7.18. The zero-order valence-corrected chi connectivity index (χ0v) is 14.7. The van der Waals surface area contributed by atoms with E-state index in [1.807, 2.05) is 32.0 Å². The number of benzene rings is 1. The first-order valence-corrected chi connectivity index (χ1v) is 8.17. The van der Waals surface area contributed by atoms with Crippen molar-refractivity contribution in [1.82, 2.24) is 9.66 Å². The number of rotatable bonds is 4. The fourth-order valence-corrected chi connectivity index (χ4v) is 3.23. The quantitative estimate of drug-likeness (QED) is 0.633. The molecule has 128 valence electrons. The summed E-state index contributed by atoms with van der Waals surface area (Å²) in [6.07, 6.45) is 0.653. The zero-order chi connectivity index (χ0) is 17.6. The molecule has 0 radical (unpaired) electrons. The van der Waals surface area contributed by atoms with E-state index >= 15 is 0 Å². The Morgan fingerprint density at radius 2 is 2.00 bits per heavy atom. The van der Waals surface area contributed by atoms with Crippen LogP contribution in [0.25, 0.3) is 10.9 Å². The number of hydrogen-bond donors (Lipinski definition) is 0. The molecule has 2 heterocycles. The van der Waals surface area contributed by atoms with Crippen LogP contribution < -0.4 is 10.6 Å². The Balaban J connectivity index is 2.21. The summed E-state index contributed by atoms with van der Waals surface area (Å²) in [5.41, 5.74) is 0.0617. The Labute approximate surface area is 141 Å². The van der Waals surface area contributed by atoms with Gasteiger partial charge < -0.3 is 4.74 Å². The number of ether oxygens (including phenoxy) is 1. The van der Waals surface area contributed by atoms with Gasteiger partial charge in [-0.2, -0.15) is 0 Å². The highest BCUT2D eigenvalue weighted by Crippen LogP contribution is 2.39. The third-order valence-corrected chi connectivity index (χ3v) is 4.49. The summed E-state index contributed by atoms with van der Waals surface area (Å²) >= 11 is 0. The molecule has 0 unspecified atom stereocenters. The van der Waals surface area contributed by atoms with E-state index in [-0.39, 0.29) is 11.5 Å². The van der Waals surface area contributed by atoms with Gasteiger partial charge in [-0.3, -0.25) is 9.80 Å². The van der Waals surface area contributed by atoms with Gasteiger partial charge in [0.1, 0.15) is 5.82 Å². The summed E-state index contributed by atoms with van der Waals surface area (Å²) in [6, 6.07) is 6.83. The van der Waals surface area contributed by atoms with E-state index < -0.39 is 11.6 Å². The average molecular weight is 329 g/mol. The Kier molecular flexibility index (Phi) is 3.86. The highest BCUT2D eigenvalue weighted by Gasteiger charge is 2.62. The molecule has 1 aromatic carbocycles. The number of nitrogens with zero attached hydrogens (tertiary/aromatic N) is 3. The van der Waals surface area contributed by atoms with Gasteiger partial charge in [-0.05, 0) is 31.9 Å². The summed E-state index contributed by atoms with van der Waals surface area (Å²) < 4.78 is 6.47. The van der Waals surface area contributed by atoms with Gasteiger partial charge in [-0.25, -0.2) is 14.5 Å². The largest absolute Gasteiger partial charge is 0.467 e. The van der Waals surface area contributed by atoms with E-state index in [0.717, 1.165) is 0 Å². The SMILES string of the molecule is COC(=O)[C@@H]1N(n2c(CC(C)C)nc3ccccc3c2=O)C1(C)C. The van der Waals surface area contributed by atoms with Crippen molar-refractivity contribution in [3.05, 3.63) is 40.4 Å². The molecule has 0 aliphatic carbocycles. The second kappa shape index (κ2) is 5.61. The smallest absolute Gasteiger partial charge is 0.332 e. The van der Waals surface area contributed by atoms with Crippen molar-refractivity contribution < 1.29 is 9.53 Å². The highest BCUT2D eigenvalue weighted by molar-refractivity contribution is 5.86. The maximum absolute atomic E-state index is 13.1. The first-order chi connectivity index (χ1) is 11.3. The van der Waals surface area contributed by atoms with Crippen LogP contribution in [0.4, 0.5) is 0 Å². The Hall–Kier alpha value is -2.37. The van der Waals surface area contributed by atoms with Crippen LogP contribution in [-0.2, 0) is 16.0 Å². The maximum Gasteiger partial charge on any atom is 0.332 e. The van der Waals surface area contributed by atoms with Gasteiger partial charge in [0, 0.05) is 6.42 Å². The van der Waals surface area contributed by atoms with Crippen molar-refractivity contribution in [2.24, 2.45) is 5.92 Å². The number of para-hydroxylation sites is 1. The minimum atomic E-state index is -0.479. The molecule has 1 aromatic heterocycles. The average Bonchev–Trinajstić information content (AvgIpc) is 3.08. The molecule has 1 fully saturated rings. The molecule has 0 amide bonds. The lowest BCUT2D eigenvalue weighted by Crippen LogP contribution is -2.37. The predicted molar refractivity (Wildman–Crippen MR) is 92.6 cm³/mol. The molecule has 1 aliphatic heterocycles. The molecular formula is C18H23N3O3. The second-order valence-corrected chi connectivity index (χ2v) is 7.18. The van der Waals surface area contributed by atoms with Crippen molar-refractivity contribution in [3.63, 3.8) is 0 Å². The summed E-state index contributed by atoms with van der Waals surface area (Å²) in [6.45, 7) is 8.01. The number of aromatic nitrogens is 2. The van der Waals surface area contributed by atoms with E-state index in [1.165, 1.54) is 7.11 Å². The number of fused-ring (bicyclic) bond motifs is 1. The van der Waals surface area contributed by atoms with Gasteiger partial charge in [-0.15, -0.1) is 0 Å². The van der Waals surface area contributed by atoms with Crippen molar-refractivity contribution >= 4 is 16.9 Å². The fourth-order valence-electron chi connectivity index (χ4n) is 3.23. The lowest BCUT2D eigenvalue weighted by Gasteiger charge is -2.18. The van der Waals surface area contributed by atoms with Crippen molar-refractivity contribution in [2.45, 2.75) is 45.7 Å². The molecule has 6 heteroatoms. The van der Waals surface area contributed by atoms with E-state index in [9.17, 15) is 9.59 Å². The van der Waals surface area contributed by atoms with Crippen molar-refractivity contribution in [2.75, 3.05) is 12.1 Å². The Bertz CT molecular complexity index is 854. The topological polar surface area (TPSA) is 64.2 Å². The molecule has 1 saturated heterocycles. The number of hydrogen-bond acceptors (Lipinski definition) is 5. The summed E-state index contributed by atoms with van der Waals surface area (Å²) in [5.74, 6) is 0.674. The van der Waals surface area contributed by atoms with Crippen LogP contribution in [0, 0.1) is 5.92 Å². The van der Waals surface area contributed by atoms with E-state index in [4.69, 9.17) is 9.72 Å². The number of esters is 1. The molecule has 1 aliphatic rings. The highest BCUT2D eigenvalue weighted by atomic mass is 16.5. The molecule has 3 rings (SSSR count). The third-order valence-electron chi connectivity index (χ3n) is 4.49. The van der Waals surface area contributed by atoms with Crippen LogP contribution in [-0.4, -0.2) is 34.3 Å². The molecular weight excluding hydrogens is 306 g/mol. The summed E-state index contributed by atoms with van der Waals surface area (Å²) in [5, 5.41) is 2.33. The van der Waals surface area contributed by atoms with Crippen molar-refractivity contribution in [3.8, 4) is 0 Å². The van der Waals surface area contributed by atoms with Crippen LogP contribution in [0.5, 0.6) is 0 Å². The molecule has 0 spiro atoms. The monoisotopic (exact) mass is 329 g/mol. The molecule has 0 N–H and O–H groups in total. The van der Waals surface area contributed by atoms with Gasteiger partial charge in [0.25, 0.3) is 5.56 Å². The first kappa shape index (κ1) is 16.5. The predicted octanol–water partition coefficient (Wildman–Crippen LogP) is 1.87. The fraction of sp³-hybridized carbons (Fsp3) is 0.500. The van der Waals surface area contributed by atoms with Crippen LogP contribution in [0.2, 0.25) is 0 Å². The Morgan fingerprint density at radius 3 is 2.62 bits per heavy atom. The normalized spacial score (nSPS) is 18.9. The number of carbonyl (C=O) groups excluding carboxylic acids is 1. The van der Waals surface area contributed by atoms with Crippen LogP contribution in [0.1, 0.15) is 33.5 Å². The van der Waals surface area contributed by atoms with E-state index in [0.29, 0.717) is 29.1 Å². The van der Waals surface area contributed by atoms with Crippen LogP contribution in [0.15, 0.2) is 29.1 Å². The van der Waals surface area contributed by atoms with Gasteiger partial charge >= 0.3 is 5.97 Å². The molecule has 24 heavy (non-hydrogen) atoms. The van der Waals surface area contributed by atoms with E-state index in [1.54, 1.807) is 15.8 Å². The Morgan fingerprint density at radius 1 is 1.33 bits per heavy atom. The molecule has 0 saturated carbocycles. The standard InChI is InChI=1S/C18H23N3O3/c1-11(2)10-14-19-13-9-7-6-8-12(13)16(22)20(14)21-15(17(23)24-5)18(21,3)4/h6-9,11,15H,10H2,1-5H3/t15-,21?/m0/s1. The first-order valence-electron chi connectivity index (χ1n) is 8.17. The number of methoxy groups -OCH3 is 1. The third kappa shape index (κ3) is 2.46. The lowest BCUT2D eigenvalue weighted by molar-refractivity contribution is -0.140. The minimum Gasteiger partial charge on any atom is -0.467 e. The summed E-state index contributed by atoms with van der Waals surface area (Å²) in [4.78, 5) is 29.9.